The number of anilines is 1. The molecule has 0 bridgehead atoms. The summed E-state index contributed by atoms with van der Waals surface area (Å²) in [6.07, 6.45) is 1.00. The van der Waals surface area contributed by atoms with Gasteiger partial charge in [0.1, 0.15) is 0 Å². The van der Waals surface area contributed by atoms with Gasteiger partial charge in [-0.15, -0.1) is 0 Å². The van der Waals surface area contributed by atoms with Gasteiger partial charge in [-0.3, -0.25) is 9.69 Å². The Hall–Kier alpha value is -1.86. The van der Waals surface area contributed by atoms with Crippen molar-refractivity contribution in [2.45, 2.75) is 39.3 Å². The lowest BCUT2D eigenvalue weighted by atomic mass is 10.1. The number of nitrogens with one attached hydrogen (secondary N) is 1. The zero-order valence-electron chi connectivity index (χ0n) is 12.0. The fraction of sp³-hybridized carbons (Fsp3) is 0.467. The molecule has 102 valence electrons. The van der Waals surface area contributed by atoms with Gasteiger partial charge in [-0.25, -0.2) is 0 Å². The van der Waals surface area contributed by atoms with E-state index in [1.165, 1.54) is 0 Å². The minimum absolute atomic E-state index is 0.0347. The first kappa shape index (κ1) is 15.2. The quantitative estimate of drug-likeness (QED) is 0.884. The number of benzene rings is 1. The van der Waals surface area contributed by atoms with Crippen molar-refractivity contribution >= 4 is 11.6 Å². The molecule has 4 heteroatoms. The van der Waals surface area contributed by atoms with E-state index < -0.39 is 0 Å². The first-order valence-electron chi connectivity index (χ1n) is 6.52. The predicted molar refractivity (Wildman–Crippen MR) is 76.8 cm³/mol. The highest BCUT2D eigenvalue weighted by atomic mass is 16.2. The van der Waals surface area contributed by atoms with Gasteiger partial charge in [-0.05, 0) is 51.6 Å². The molecule has 0 aliphatic rings. The SMILES string of the molecule is CCC(C)N(C)C(C)C(=O)Nc1ccc(C#N)cc1. The maximum Gasteiger partial charge on any atom is 0.241 e. The van der Waals surface area contributed by atoms with Crippen LogP contribution in [0.1, 0.15) is 32.8 Å². The van der Waals surface area contributed by atoms with Crippen LogP contribution in [0.5, 0.6) is 0 Å². The molecule has 1 N–H and O–H groups in total. The Balaban J connectivity index is 2.66. The molecule has 4 nitrogen and oxygen atoms in total. The zero-order chi connectivity index (χ0) is 14.4. The fourth-order valence-corrected chi connectivity index (χ4v) is 1.73. The smallest absolute Gasteiger partial charge is 0.241 e. The highest BCUT2D eigenvalue weighted by Gasteiger charge is 2.21. The third-order valence-corrected chi connectivity index (χ3v) is 3.56. The molecule has 0 saturated heterocycles. The Kier molecular flexibility index (Phi) is 5.53. The molecule has 0 radical (unpaired) electrons. The Morgan fingerprint density at radius 3 is 2.42 bits per heavy atom. The molecule has 1 rings (SSSR count). The van der Waals surface area contributed by atoms with Gasteiger partial charge in [0.15, 0.2) is 0 Å². The number of carbonyl (C=O) groups is 1. The topological polar surface area (TPSA) is 56.1 Å². The molecule has 1 amide bonds. The van der Waals surface area contributed by atoms with Gasteiger partial charge in [0.2, 0.25) is 5.91 Å². The number of nitriles is 1. The molecule has 0 aromatic heterocycles. The van der Waals surface area contributed by atoms with Crippen LogP contribution in [0.25, 0.3) is 0 Å². The van der Waals surface area contributed by atoms with Crippen molar-refractivity contribution in [2.24, 2.45) is 0 Å². The highest BCUT2D eigenvalue weighted by Crippen LogP contribution is 2.12. The summed E-state index contributed by atoms with van der Waals surface area (Å²) in [7, 11) is 1.96. The summed E-state index contributed by atoms with van der Waals surface area (Å²) in [5.74, 6) is -0.0347. The van der Waals surface area contributed by atoms with E-state index in [2.05, 4.69) is 30.1 Å². The lowest BCUT2D eigenvalue weighted by Gasteiger charge is -2.29. The van der Waals surface area contributed by atoms with Crippen LogP contribution in [0.4, 0.5) is 5.69 Å². The van der Waals surface area contributed by atoms with Crippen LogP contribution in [0, 0.1) is 11.3 Å². The van der Waals surface area contributed by atoms with Gasteiger partial charge in [0, 0.05) is 11.7 Å². The molecular weight excluding hydrogens is 238 g/mol. The summed E-state index contributed by atoms with van der Waals surface area (Å²) in [4.78, 5) is 14.2. The number of likely N-dealkylation sites (N-methyl/N-ethyl adjacent to an activating group) is 1. The Morgan fingerprint density at radius 1 is 1.37 bits per heavy atom. The molecule has 0 heterocycles. The van der Waals surface area contributed by atoms with Crippen LogP contribution in [-0.4, -0.2) is 29.9 Å². The number of hydrogen-bond donors (Lipinski definition) is 1. The molecule has 2 unspecified atom stereocenters. The van der Waals surface area contributed by atoms with Crippen molar-refractivity contribution in [3.8, 4) is 6.07 Å². The Labute approximate surface area is 115 Å². The second-order valence-corrected chi connectivity index (χ2v) is 4.78. The lowest BCUT2D eigenvalue weighted by molar-refractivity contribution is -0.121. The number of hydrogen-bond acceptors (Lipinski definition) is 3. The molecule has 19 heavy (non-hydrogen) atoms. The third-order valence-electron chi connectivity index (χ3n) is 3.56. The van der Waals surface area contributed by atoms with Gasteiger partial charge in [0.25, 0.3) is 0 Å². The number of nitrogens with zero attached hydrogens (tertiary/aromatic N) is 2. The average molecular weight is 259 g/mol. The molecule has 0 saturated carbocycles. The Bertz CT molecular complexity index is 461. The molecule has 0 fully saturated rings. The van der Waals surface area contributed by atoms with E-state index in [1.54, 1.807) is 24.3 Å². The number of amides is 1. The van der Waals surface area contributed by atoms with Crippen LogP contribution in [-0.2, 0) is 4.79 Å². The normalized spacial score (nSPS) is 13.7. The summed E-state index contributed by atoms with van der Waals surface area (Å²) in [6, 6.07) is 9.09. The monoisotopic (exact) mass is 259 g/mol. The zero-order valence-corrected chi connectivity index (χ0v) is 12.0. The van der Waals surface area contributed by atoms with Gasteiger partial charge in [0.05, 0.1) is 17.7 Å². The molecule has 1 aromatic rings. The van der Waals surface area contributed by atoms with E-state index in [-0.39, 0.29) is 11.9 Å². The van der Waals surface area contributed by atoms with Crippen LogP contribution < -0.4 is 5.32 Å². The largest absolute Gasteiger partial charge is 0.325 e. The summed E-state index contributed by atoms with van der Waals surface area (Å²) in [6.45, 7) is 6.10. The third kappa shape index (κ3) is 4.08. The van der Waals surface area contributed by atoms with Crippen molar-refractivity contribution in [3.05, 3.63) is 29.8 Å². The fourth-order valence-electron chi connectivity index (χ4n) is 1.73. The lowest BCUT2D eigenvalue weighted by Crippen LogP contribution is -2.44. The van der Waals surface area contributed by atoms with E-state index in [9.17, 15) is 4.79 Å². The molecule has 2 atom stereocenters. The van der Waals surface area contributed by atoms with E-state index in [0.29, 0.717) is 17.3 Å². The van der Waals surface area contributed by atoms with E-state index in [4.69, 9.17) is 5.26 Å². The number of rotatable bonds is 5. The number of carbonyl (C=O) groups excluding carboxylic acids is 1. The summed E-state index contributed by atoms with van der Waals surface area (Å²) in [5.41, 5.74) is 1.30. The van der Waals surface area contributed by atoms with E-state index >= 15 is 0 Å². The second-order valence-electron chi connectivity index (χ2n) is 4.78. The van der Waals surface area contributed by atoms with Crippen LogP contribution >= 0.6 is 0 Å². The van der Waals surface area contributed by atoms with Gasteiger partial charge >= 0.3 is 0 Å². The van der Waals surface area contributed by atoms with Crippen LogP contribution in [0.15, 0.2) is 24.3 Å². The van der Waals surface area contributed by atoms with Crippen molar-refractivity contribution in [3.63, 3.8) is 0 Å². The van der Waals surface area contributed by atoms with Gasteiger partial charge in [-0.2, -0.15) is 5.26 Å². The van der Waals surface area contributed by atoms with E-state index in [0.717, 1.165) is 6.42 Å². The van der Waals surface area contributed by atoms with Crippen molar-refractivity contribution in [2.75, 3.05) is 12.4 Å². The van der Waals surface area contributed by atoms with Crippen LogP contribution in [0.3, 0.4) is 0 Å². The van der Waals surface area contributed by atoms with Crippen molar-refractivity contribution in [1.29, 1.82) is 5.26 Å². The maximum atomic E-state index is 12.1. The molecule has 1 aromatic carbocycles. The summed E-state index contributed by atoms with van der Waals surface area (Å²) >= 11 is 0. The molecule has 0 aliphatic heterocycles. The van der Waals surface area contributed by atoms with Crippen molar-refractivity contribution in [1.82, 2.24) is 4.90 Å². The summed E-state index contributed by atoms with van der Waals surface area (Å²) < 4.78 is 0. The standard InChI is InChI=1S/C15H21N3O/c1-5-11(2)18(4)12(3)15(19)17-14-8-6-13(10-16)7-9-14/h6-9,11-12H,5H2,1-4H3,(H,17,19). The molecule has 0 spiro atoms. The van der Waals surface area contributed by atoms with E-state index in [1.807, 2.05) is 14.0 Å². The van der Waals surface area contributed by atoms with Gasteiger partial charge < -0.3 is 5.32 Å². The Morgan fingerprint density at radius 2 is 1.95 bits per heavy atom. The summed E-state index contributed by atoms with van der Waals surface area (Å²) in [5, 5.41) is 11.6. The maximum absolute atomic E-state index is 12.1. The minimum Gasteiger partial charge on any atom is -0.325 e. The molecule has 0 aliphatic carbocycles. The predicted octanol–water partition coefficient (Wildman–Crippen LogP) is 2.62. The average Bonchev–Trinajstić information content (AvgIpc) is 2.45. The van der Waals surface area contributed by atoms with Crippen LogP contribution in [0.2, 0.25) is 0 Å². The first-order valence-corrected chi connectivity index (χ1v) is 6.52. The minimum atomic E-state index is -0.189. The molecular formula is C15H21N3O. The van der Waals surface area contributed by atoms with Crippen molar-refractivity contribution < 1.29 is 4.79 Å². The second kappa shape index (κ2) is 6.91. The first-order chi connectivity index (χ1) is 8.99. The highest BCUT2D eigenvalue weighted by molar-refractivity contribution is 5.94. The van der Waals surface area contributed by atoms with Gasteiger partial charge in [-0.1, -0.05) is 6.92 Å².